The minimum atomic E-state index is -3.15. The Bertz CT molecular complexity index is 2330. The summed E-state index contributed by atoms with van der Waals surface area (Å²) in [6.07, 6.45) is 3.79. The van der Waals surface area contributed by atoms with Crippen molar-refractivity contribution in [3.8, 4) is 0 Å². The van der Waals surface area contributed by atoms with Crippen molar-refractivity contribution in [2.75, 3.05) is 0 Å². The molecule has 1 aliphatic rings. The number of fused-ring (bicyclic) bond motifs is 2. The second-order valence-electron chi connectivity index (χ2n) is 12.5. The van der Waals surface area contributed by atoms with E-state index < -0.39 is 8.07 Å². The molecule has 0 saturated carbocycles. The third-order valence-electron chi connectivity index (χ3n) is 9.87. The predicted octanol–water partition coefficient (Wildman–Crippen LogP) is 9.66. The molecule has 0 fully saturated rings. The van der Waals surface area contributed by atoms with Crippen LogP contribution >= 0.6 is 0 Å². The van der Waals surface area contributed by atoms with E-state index in [9.17, 15) is 0 Å². The van der Waals surface area contributed by atoms with Gasteiger partial charge in [-0.1, -0.05) is 158 Å². The molecule has 0 unspecified atom stereocenters. The van der Waals surface area contributed by atoms with E-state index in [1.807, 2.05) is 12.4 Å². The van der Waals surface area contributed by atoms with Crippen molar-refractivity contribution in [3.63, 3.8) is 0 Å². The van der Waals surface area contributed by atoms with Crippen LogP contribution in [0.2, 0.25) is 0 Å². The van der Waals surface area contributed by atoms with Crippen LogP contribution in [0.25, 0.3) is 43.3 Å². The van der Waals surface area contributed by atoms with E-state index in [4.69, 9.17) is 9.97 Å². The summed E-state index contributed by atoms with van der Waals surface area (Å²) in [4.78, 5) is 9.74. The summed E-state index contributed by atoms with van der Waals surface area (Å²) in [5.41, 5.74) is 9.40. The van der Waals surface area contributed by atoms with Gasteiger partial charge in [0.2, 0.25) is 0 Å². The molecule has 0 amide bonds. The Kier molecular flexibility index (Phi) is 7.18. The van der Waals surface area contributed by atoms with Gasteiger partial charge < -0.3 is 0 Å². The lowest BCUT2D eigenvalue weighted by Gasteiger charge is -2.36. The zero-order valence-electron chi connectivity index (χ0n) is 26.9. The maximum absolute atomic E-state index is 4.87. The summed E-state index contributed by atoms with van der Waals surface area (Å²) in [6, 6.07) is 66.5. The summed E-state index contributed by atoms with van der Waals surface area (Å²) >= 11 is 0. The highest BCUT2D eigenvalue weighted by Gasteiger charge is 2.53. The maximum atomic E-state index is 4.87. The van der Waals surface area contributed by atoms with E-state index in [1.54, 1.807) is 0 Å². The van der Waals surface area contributed by atoms with E-state index in [1.165, 1.54) is 54.2 Å². The Morgan fingerprint density at radius 3 is 1.12 bits per heavy atom. The molecule has 2 nitrogen and oxygen atoms in total. The van der Waals surface area contributed by atoms with Crippen molar-refractivity contribution in [3.05, 3.63) is 217 Å². The molecule has 0 N–H and O–H groups in total. The molecule has 8 aromatic rings. The Balaban J connectivity index is 1.60. The van der Waals surface area contributed by atoms with Crippen LogP contribution in [0.4, 0.5) is 0 Å². The van der Waals surface area contributed by atoms with Crippen LogP contribution in [0.5, 0.6) is 0 Å². The summed E-state index contributed by atoms with van der Waals surface area (Å²) in [6.45, 7) is 0. The Morgan fingerprint density at radius 1 is 0.327 bits per heavy atom. The molecule has 6 aromatic carbocycles. The smallest absolute Gasteiger partial charge is 0.182 e. The molecule has 0 aliphatic carbocycles. The highest BCUT2D eigenvalue weighted by molar-refractivity contribution is 7.29. The lowest BCUT2D eigenvalue weighted by molar-refractivity contribution is 1.41. The average Bonchev–Trinajstić information content (AvgIpc) is 3.51. The topological polar surface area (TPSA) is 25.8 Å². The predicted molar refractivity (Wildman–Crippen MR) is 208 cm³/mol. The molecule has 2 aromatic heterocycles. The minimum Gasteiger partial charge on any atom is -0.256 e. The lowest BCUT2D eigenvalue weighted by Crippen LogP contribution is -2.59. The number of rotatable bonds is 6. The van der Waals surface area contributed by atoms with Crippen molar-refractivity contribution in [1.29, 1.82) is 0 Å². The largest absolute Gasteiger partial charge is 0.256 e. The van der Waals surface area contributed by atoms with Crippen molar-refractivity contribution in [2.45, 2.75) is 0 Å². The van der Waals surface area contributed by atoms with Gasteiger partial charge in [-0.3, -0.25) is 9.97 Å². The SMILES string of the molecule is c1ccc(C2=C(c3cccc4ncccc34)[Si](c3ccccc3)(c3ccccc3)C(c3cccc4ncccc34)=C2c2ccccc2)cc1. The van der Waals surface area contributed by atoms with Gasteiger partial charge in [-0.25, -0.2) is 0 Å². The van der Waals surface area contributed by atoms with Gasteiger partial charge in [0.15, 0.2) is 8.07 Å². The molecule has 0 spiro atoms. The highest BCUT2D eigenvalue weighted by Crippen LogP contribution is 2.56. The quantitative estimate of drug-likeness (QED) is 0.169. The third kappa shape index (κ3) is 4.62. The van der Waals surface area contributed by atoms with Crippen LogP contribution < -0.4 is 10.4 Å². The summed E-state index contributed by atoms with van der Waals surface area (Å²) in [5.74, 6) is 0. The van der Waals surface area contributed by atoms with Gasteiger partial charge in [-0.2, -0.15) is 0 Å². The van der Waals surface area contributed by atoms with Crippen molar-refractivity contribution in [1.82, 2.24) is 9.97 Å². The molecule has 0 bridgehead atoms. The minimum absolute atomic E-state index is 0.994. The maximum Gasteiger partial charge on any atom is 0.182 e. The van der Waals surface area contributed by atoms with Crippen molar-refractivity contribution >= 4 is 61.8 Å². The number of hydrogen-bond acceptors (Lipinski definition) is 2. The summed E-state index contributed by atoms with van der Waals surface area (Å²) in [7, 11) is -3.15. The number of aromatic nitrogens is 2. The Labute approximate surface area is 287 Å². The monoisotopic (exact) mass is 640 g/mol. The van der Waals surface area contributed by atoms with Gasteiger partial charge in [-0.05, 0) is 78.4 Å². The first kappa shape index (κ1) is 29.0. The molecule has 3 heteroatoms. The van der Waals surface area contributed by atoms with Gasteiger partial charge >= 0.3 is 0 Å². The number of hydrogen-bond donors (Lipinski definition) is 0. The van der Waals surface area contributed by atoms with Gasteiger partial charge in [-0.15, -0.1) is 0 Å². The molecular weight excluding hydrogens is 609 g/mol. The molecule has 0 atom stereocenters. The molecule has 49 heavy (non-hydrogen) atoms. The van der Waals surface area contributed by atoms with Crippen LogP contribution in [-0.4, -0.2) is 18.0 Å². The second kappa shape index (κ2) is 12.1. The molecule has 0 radical (unpaired) electrons. The molecule has 9 rings (SSSR count). The Morgan fingerprint density at radius 2 is 0.714 bits per heavy atom. The van der Waals surface area contributed by atoms with Crippen LogP contribution in [-0.2, 0) is 0 Å². The number of benzene rings is 6. The molecule has 3 heterocycles. The summed E-state index contributed by atoms with van der Waals surface area (Å²) < 4.78 is 0. The van der Waals surface area contributed by atoms with E-state index in [0.717, 1.165) is 21.8 Å². The fourth-order valence-corrected chi connectivity index (χ4v) is 13.6. The summed E-state index contributed by atoms with van der Waals surface area (Å²) in [5, 5.41) is 7.75. The van der Waals surface area contributed by atoms with Crippen LogP contribution in [0.1, 0.15) is 22.3 Å². The second-order valence-corrected chi connectivity index (χ2v) is 16.1. The molecular formula is C46H32N2Si. The fraction of sp³-hybridized carbons (Fsp3) is 0. The molecule has 0 saturated heterocycles. The number of pyridine rings is 2. The number of allylic oxidation sites excluding steroid dienone is 2. The molecule has 1 aliphatic heterocycles. The van der Waals surface area contributed by atoms with E-state index in [2.05, 4.69) is 182 Å². The van der Waals surface area contributed by atoms with Crippen LogP contribution in [0.15, 0.2) is 194 Å². The zero-order chi connectivity index (χ0) is 32.6. The van der Waals surface area contributed by atoms with Gasteiger partial charge in [0.05, 0.1) is 11.0 Å². The van der Waals surface area contributed by atoms with Gasteiger partial charge in [0.25, 0.3) is 0 Å². The van der Waals surface area contributed by atoms with Crippen LogP contribution in [0.3, 0.4) is 0 Å². The van der Waals surface area contributed by atoms with E-state index in [-0.39, 0.29) is 0 Å². The normalized spacial score (nSPS) is 14.1. The van der Waals surface area contributed by atoms with Gasteiger partial charge in [0.1, 0.15) is 0 Å². The van der Waals surface area contributed by atoms with Crippen molar-refractivity contribution < 1.29 is 0 Å². The first-order valence-corrected chi connectivity index (χ1v) is 18.8. The van der Waals surface area contributed by atoms with E-state index in [0.29, 0.717) is 0 Å². The first-order valence-electron chi connectivity index (χ1n) is 16.8. The first-order chi connectivity index (χ1) is 24.4. The molecule has 230 valence electrons. The van der Waals surface area contributed by atoms with Gasteiger partial charge in [0, 0.05) is 23.2 Å². The standard InChI is InChI=1S/C46H32N2Si/c1-5-17-33(18-6-1)43-44(34-19-7-2-8-20-34)46(40-26-14-30-42-38(40)28-16-32-48-42)49(35-21-9-3-10-22-35,36-23-11-4-12-24-36)45(43)39-25-13-29-41-37(39)27-15-31-47-41/h1-32H. The van der Waals surface area contributed by atoms with Crippen LogP contribution in [0, 0.1) is 0 Å². The van der Waals surface area contributed by atoms with E-state index >= 15 is 0 Å². The van der Waals surface area contributed by atoms with Crippen molar-refractivity contribution in [2.24, 2.45) is 0 Å². The third-order valence-corrected chi connectivity index (χ3v) is 14.8. The number of nitrogens with zero attached hydrogens (tertiary/aromatic N) is 2. The Hall–Kier alpha value is -6.16. The zero-order valence-corrected chi connectivity index (χ0v) is 27.9. The highest BCUT2D eigenvalue weighted by atomic mass is 28.3. The fourth-order valence-electron chi connectivity index (χ4n) is 7.97. The lowest BCUT2D eigenvalue weighted by atomic mass is 9.88. The average molecular weight is 641 g/mol.